The third-order valence-electron chi connectivity index (χ3n) is 4.81. The number of fused-ring (bicyclic) bond motifs is 1. The van der Waals surface area contributed by atoms with Crippen LogP contribution in [0.3, 0.4) is 0 Å². The summed E-state index contributed by atoms with van der Waals surface area (Å²) in [5.41, 5.74) is 3.15. The number of carbonyl (C=O) groups excluding carboxylic acids is 1. The number of ether oxygens (including phenoxy) is 1. The van der Waals surface area contributed by atoms with Crippen LogP contribution in [0, 0.1) is 6.92 Å². The lowest BCUT2D eigenvalue weighted by molar-refractivity contribution is 0.0733. The van der Waals surface area contributed by atoms with Gasteiger partial charge in [-0.3, -0.25) is 4.79 Å². The molecule has 1 aliphatic heterocycles. The van der Waals surface area contributed by atoms with Gasteiger partial charge in [-0.15, -0.1) is 0 Å². The normalized spacial score (nSPS) is 13.6. The first-order chi connectivity index (χ1) is 13.5. The maximum Gasteiger partial charge on any atom is 0.254 e. The van der Waals surface area contributed by atoms with Crippen molar-refractivity contribution in [3.63, 3.8) is 0 Å². The minimum Gasteiger partial charge on any atom is -0.491 e. The van der Waals surface area contributed by atoms with E-state index in [1.807, 2.05) is 56.4 Å². The molecule has 1 aliphatic rings. The summed E-state index contributed by atoms with van der Waals surface area (Å²) in [7, 11) is 1.84. The molecule has 0 bridgehead atoms. The van der Waals surface area contributed by atoms with Gasteiger partial charge in [0.1, 0.15) is 18.2 Å². The molecule has 0 unspecified atom stereocenters. The van der Waals surface area contributed by atoms with Crippen LogP contribution in [-0.2, 0) is 20.2 Å². The second-order valence-electron chi connectivity index (χ2n) is 6.86. The first kappa shape index (κ1) is 18.2. The maximum absolute atomic E-state index is 13.2. The summed E-state index contributed by atoms with van der Waals surface area (Å²) in [6, 6.07) is 13.0. The van der Waals surface area contributed by atoms with Crippen LogP contribution in [0.2, 0.25) is 0 Å². The van der Waals surface area contributed by atoms with Gasteiger partial charge in [-0.05, 0) is 36.8 Å². The topological polar surface area (TPSA) is 80.5 Å². The molecule has 2 heterocycles. The van der Waals surface area contributed by atoms with Gasteiger partial charge < -0.3 is 14.7 Å². The summed E-state index contributed by atoms with van der Waals surface area (Å²) in [4.78, 5) is 19.4. The van der Waals surface area contributed by atoms with Gasteiger partial charge in [-0.1, -0.05) is 18.2 Å². The minimum atomic E-state index is -0.0633. The highest BCUT2D eigenvalue weighted by molar-refractivity contribution is 5.95. The largest absolute Gasteiger partial charge is 0.491 e. The van der Waals surface area contributed by atoms with Crippen molar-refractivity contribution in [2.45, 2.75) is 20.1 Å². The molecule has 2 aromatic carbocycles. The Kier molecular flexibility index (Phi) is 4.83. The number of carbonyl (C=O) groups is 1. The molecule has 28 heavy (non-hydrogen) atoms. The minimum absolute atomic E-state index is 0.0413. The smallest absolute Gasteiger partial charge is 0.254 e. The summed E-state index contributed by atoms with van der Waals surface area (Å²) >= 11 is 0. The molecule has 0 saturated heterocycles. The van der Waals surface area contributed by atoms with Gasteiger partial charge in [0.2, 0.25) is 0 Å². The number of nitrogens with zero attached hydrogens (tertiary/aromatic N) is 4. The van der Waals surface area contributed by atoms with Gasteiger partial charge >= 0.3 is 0 Å². The molecule has 1 aromatic heterocycles. The fraction of sp³-hybridized carbons (Fsp3) is 0.286. The first-order valence-electron chi connectivity index (χ1n) is 9.18. The number of aliphatic hydroxyl groups excluding tert-OH is 1. The van der Waals surface area contributed by atoms with E-state index < -0.39 is 0 Å². The maximum atomic E-state index is 13.2. The van der Waals surface area contributed by atoms with E-state index in [4.69, 9.17) is 4.74 Å². The Hall–Kier alpha value is -3.19. The molecule has 0 fully saturated rings. The van der Waals surface area contributed by atoms with Crippen LogP contribution in [0.5, 0.6) is 5.75 Å². The number of aryl methyl sites for hydroxylation is 2. The van der Waals surface area contributed by atoms with Crippen molar-refractivity contribution in [1.29, 1.82) is 0 Å². The van der Waals surface area contributed by atoms with E-state index in [0.29, 0.717) is 31.1 Å². The van der Waals surface area contributed by atoms with Gasteiger partial charge in [0.15, 0.2) is 5.82 Å². The molecule has 144 valence electrons. The van der Waals surface area contributed by atoms with Gasteiger partial charge in [-0.2, -0.15) is 5.10 Å². The molecular formula is C21H22N4O3. The molecule has 7 nitrogen and oxygen atoms in total. The Morgan fingerprint density at radius 1 is 1.25 bits per heavy atom. The number of amides is 1. The van der Waals surface area contributed by atoms with Gasteiger partial charge in [0.05, 0.1) is 13.2 Å². The Morgan fingerprint density at radius 2 is 2.11 bits per heavy atom. The molecular weight excluding hydrogens is 356 g/mol. The monoisotopic (exact) mass is 378 g/mol. The summed E-state index contributed by atoms with van der Waals surface area (Å²) in [6.07, 6.45) is 0. The zero-order chi connectivity index (χ0) is 19.7. The van der Waals surface area contributed by atoms with E-state index in [1.165, 1.54) is 0 Å². The summed E-state index contributed by atoms with van der Waals surface area (Å²) < 4.78 is 7.49. The van der Waals surface area contributed by atoms with Crippen LogP contribution < -0.4 is 4.74 Å². The van der Waals surface area contributed by atoms with Crippen LogP contribution >= 0.6 is 0 Å². The molecule has 0 saturated carbocycles. The highest BCUT2D eigenvalue weighted by Gasteiger charge is 2.22. The van der Waals surface area contributed by atoms with E-state index in [0.717, 1.165) is 28.3 Å². The first-order valence-corrected chi connectivity index (χ1v) is 9.18. The molecule has 0 aliphatic carbocycles. The molecule has 7 heteroatoms. The quantitative estimate of drug-likeness (QED) is 0.757. The average molecular weight is 378 g/mol. The SMILES string of the molecule is Cc1nc(-c2cccc(C(=O)N3CCOc4ccc(CO)cc4C3)c2)n(C)n1. The lowest BCUT2D eigenvalue weighted by Crippen LogP contribution is -2.32. The molecule has 0 spiro atoms. The van der Waals surface area contributed by atoms with E-state index in [1.54, 1.807) is 9.58 Å². The Bertz CT molecular complexity index is 1030. The van der Waals surface area contributed by atoms with Crippen molar-refractivity contribution in [3.05, 3.63) is 65.0 Å². The standard InChI is InChI=1S/C21H22N4O3/c1-14-22-20(24(2)23-14)16-4-3-5-17(11-16)21(27)25-8-9-28-19-7-6-15(13-26)10-18(19)12-25/h3-7,10-11,26H,8-9,12-13H2,1-2H3. The van der Waals surface area contributed by atoms with Gasteiger partial charge in [-0.25, -0.2) is 9.67 Å². The van der Waals surface area contributed by atoms with Crippen molar-refractivity contribution in [2.75, 3.05) is 13.2 Å². The molecule has 4 rings (SSSR count). The molecule has 3 aromatic rings. The summed E-state index contributed by atoms with van der Waals surface area (Å²) in [5, 5.41) is 13.7. The number of hydrogen-bond donors (Lipinski definition) is 1. The Balaban J connectivity index is 1.62. The predicted molar refractivity (Wildman–Crippen MR) is 104 cm³/mol. The lowest BCUT2D eigenvalue weighted by atomic mass is 10.1. The van der Waals surface area contributed by atoms with Gasteiger partial charge in [0, 0.05) is 30.3 Å². The fourth-order valence-corrected chi connectivity index (χ4v) is 3.46. The molecule has 0 atom stereocenters. The Labute approximate surface area is 163 Å². The lowest BCUT2D eigenvalue weighted by Gasteiger charge is -2.20. The van der Waals surface area contributed by atoms with Crippen molar-refractivity contribution >= 4 is 5.91 Å². The zero-order valence-corrected chi connectivity index (χ0v) is 15.9. The number of benzene rings is 2. The van der Waals surface area contributed by atoms with Crippen molar-refractivity contribution in [1.82, 2.24) is 19.7 Å². The third kappa shape index (κ3) is 3.48. The van der Waals surface area contributed by atoms with Crippen molar-refractivity contribution in [3.8, 4) is 17.1 Å². The van der Waals surface area contributed by atoms with Crippen LogP contribution in [-0.4, -0.2) is 43.8 Å². The van der Waals surface area contributed by atoms with Crippen LogP contribution in [0.4, 0.5) is 0 Å². The highest BCUT2D eigenvalue weighted by atomic mass is 16.5. The van der Waals surface area contributed by atoms with Crippen LogP contribution in [0.25, 0.3) is 11.4 Å². The van der Waals surface area contributed by atoms with E-state index >= 15 is 0 Å². The number of hydrogen-bond acceptors (Lipinski definition) is 5. The zero-order valence-electron chi connectivity index (χ0n) is 15.9. The number of aliphatic hydroxyl groups is 1. The number of rotatable bonds is 3. The summed E-state index contributed by atoms with van der Waals surface area (Å²) in [5.74, 6) is 2.11. The third-order valence-corrected chi connectivity index (χ3v) is 4.81. The van der Waals surface area contributed by atoms with Gasteiger partial charge in [0.25, 0.3) is 5.91 Å². The average Bonchev–Trinajstić information content (AvgIpc) is 2.92. The highest BCUT2D eigenvalue weighted by Crippen LogP contribution is 2.26. The molecule has 0 radical (unpaired) electrons. The molecule has 1 amide bonds. The number of aromatic nitrogens is 3. The fourth-order valence-electron chi connectivity index (χ4n) is 3.46. The van der Waals surface area contributed by atoms with E-state index in [-0.39, 0.29) is 12.5 Å². The van der Waals surface area contributed by atoms with Crippen LogP contribution in [0.1, 0.15) is 27.3 Å². The second kappa shape index (κ2) is 7.44. The van der Waals surface area contributed by atoms with Crippen molar-refractivity contribution < 1.29 is 14.6 Å². The van der Waals surface area contributed by atoms with Crippen molar-refractivity contribution in [2.24, 2.45) is 7.05 Å². The Morgan fingerprint density at radius 3 is 2.86 bits per heavy atom. The van der Waals surface area contributed by atoms with Crippen LogP contribution in [0.15, 0.2) is 42.5 Å². The second-order valence-corrected chi connectivity index (χ2v) is 6.86. The summed E-state index contributed by atoms with van der Waals surface area (Å²) in [6.45, 7) is 3.16. The predicted octanol–water partition coefficient (Wildman–Crippen LogP) is 2.32. The van der Waals surface area contributed by atoms with E-state index in [2.05, 4.69) is 10.1 Å². The molecule has 1 N–H and O–H groups in total. The van der Waals surface area contributed by atoms with E-state index in [9.17, 15) is 9.90 Å².